The summed E-state index contributed by atoms with van der Waals surface area (Å²) < 4.78 is 55.6. The van der Waals surface area contributed by atoms with Crippen LogP contribution >= 0.6 is 0 Å². The second-order valence-corrected chi connectivity index (χ2v) is 6.70. The van der Waals surface area contributed by atoms with Gasteiger partial charge in [-0.05, 0) is 47.0 Å². The highest BCUT2D eigenvalue weighted by molar-refractivity contribution is 5.86. The minimum Gasteiger partial charge on any atom is -0.487 e. The van der Waals surface area contributed by atoms with E-state index in [2.05, 4.69) is 0 Å². The van der Waals surface area contributed by atoms with Crippen molar-refractivity contribution < 1.29 is 22.3 Å². The summed E-state index contributed by atoms with van der Waals surface area (Å²) in [6, 6.07) is 20.6. The van der Waals surface area contributed by atoms with Gasteiger partial charge in [0.15, 0.2) is 6.61 Å². The Bertz CT molecular complexity index is 924. The Morgan fingerprint density at radius 3 is 2.39 bits per heavy atom. The van der Waals surface area contributed by atoms with Gasteiger partial charge in [0.2, 0.25) is 0 Å². The molecular formula is C22H21F4NO. The highest BCUT2D eigenvalue weighted by Crippen LogP contribution is 2.29. The highest BCUT2D eigenvalue weighted by Gasteiger charge is 2.41. The summed E-state index contributed by atoms with van der Waals surface area (Å²) in [7, 11) is 0. The molecule has 0 spiro atoms. The Hall–Kier alpha value is -2.60. The summed E-state index contributed by atoms with van der Waals surface area (Å²) in [6.07, 6.45) is -3.18. The molecule has 1 unspecified atom stereocenters. The maximum atomic E-state index is 13.1. The number of benzene rings is 3. The molecule has 1 atom stereocenters. The van der Waals surface area contributed by atoms with Crippen LogP contribution in [0.3, 0.4) is 0 Å². The molecule has 3 rings (SSSR count). The van der Waals surface area contributed by atoms with Crippen LogP contribution in [0.25, 0.3) is 10.8 Å². The van der Waals surface area contributed by atoms with E-state index in [4.69, 9.17) is 10.5 Å². The molecule has 0 fully saturated rings. The first-order valence-electron chi connectivity index (χ1n) is 8.96. The maximum absolute atomic E-state index is 13.1. The summed E-state index contributed by atoms with van der Waals surface area (Å²) in [5.74, 6) is -4.03. The zero-order valence-electron chi connectivity index (χ0n) is 15.1. The van der Waals surface area contributed by atoms with Gasteiger partial charge in [0.25, 0.3) is 0 Å². The smallest absolute Gasteiger partial charge is 0.340 e. The molecular weight excluding hydrogens is 370 g/mol. The third-order valence-electron chi connectivity index (χ3n) is 4.68. The average Bonchev–Trinajstić information content (AvgIpc) is 2.70. The largest absolute Gasteiger partial charge is 0.487 e. The van der Waals surface area contributed by atoms with Crippen LogP contribution in [0, 0.1) is 0 Å². The number of alkyl halides is 4. The van der Waals surface area contributed by atoms with Gasteiger partial charge >= 0.3 is 12.3 Å². The van der Waals surface area contributed by atoms with Crippen molar-refractivity contribution in [2.75, 3.05) is 13.2 Å². The van der Waals surface area contributed by atoms with Gasteiger partial charge in [0.05, 0.1) is 0 Å². The van der Waals surface area contributed by atoms with Crippen LogP contribution < -0.4 is 10.5 Å². The molecule has 28 heavy (non-hydrogen) atoms. The Morgan fingerprint density at radius 1 is 0.929 bits per heavy atom. The molecule has 0 aliphatic carbocycles. The number of hydrogen-bond acceptors (Lipinski definition) is 2. The fourth-order valence-electron chi connectivity index (χ4n) is 3.22. The lowest BCUT2D eigenvalue weighted by atomic mass is 9.88. The predicted molar refractivity (Wildman–Crippen MR) is 102 cm³/mol. The topological polar surface area (TPSA) is 35.2 Å². The molecule has 2 nitrogen and oxygen atoms in total. The molecule has 2 N–H and O–H groups in total. The van der Waals surface area contributed by atoms with Crippen LogP contribution in [0.15, 0.2) is 66.7 Å². The van der Waals surface area contributed by atoms with Crippen molar-refractivity contribution in [3.63, 3.8) is 0 Å². The van der Waals surface area contributed by atoms with Crippen molar-refractivity contribution in [3.8, 4) is 5.75 Å². The lowest BCUT2D eigenvalue weighted by Gasteiger charge is -2.19. The van der Waals surface area contributed by atoms with Crippen molar-refractivity contribution >= 4 is 10.8 Å². The summed E-state index contributed by atoms with van der Waals surface area (Å²) in [5, 5.41) is 2.23. The number of fused-ring (bicyclic) bond motifs is 1. The van der Waals surface area contributed by atoms with Gasteiger partial charge in [-0.3, -0.25) is 0 Å². The van der Waals surface area contributed by atoms with Crippen molar-refractivity contribution in [3.05, 3.63) is 77.9 Å². The van der Waals surface area contributed by atoms with Crippen LogP contribution in [0.5, 0.6) is 5.75 Å². The molecule has 0 amide bonds. The monoisotopic (exact) mass is 391 g/mol. The first-order chi connectivity index (χ1) is 13.4. The summed E-state index contributed by atoms with van der Waals surface area (Å²) in [4.78, 5) is 0. The summed E-state index contributed by atoms with van der Waals surface area (Å²) >= 11 is 0. The third kappa shape index (κ3) is 4.62. The molecule has 0 bridgehead atoms. The van der Waals surface area contributed by atoms with Gasteiger partial charge in [-0.25, -0.2) is 8.78 Å². The third-order valence-corrected chi connectivity index (χ3v) is 4.68. The normalized spacial score (nSPS) is 13.1. The van der Waals surface area contributed by atoms with Crippen LogP contribution in [-0.2, 0) is 6.42 Å². The SMILES string of the molecule is NCC(Cc1cccc(OCC(F)(F)C(F)F)c1)c1cccc2ccccc12. The van der Waals surface area contributed by atoms with E-state index in [9.17, 15) is 17.6 Å². The molecule has 0 aromatic heterocycles. The van der Waals surface area contributed by atoms with Crippen LogP contribution in [0.2, 0.25) is 0 Å². The van der Waals surface area contributed by atoms with Crippen LogP contribution in [0.4, 0.5) is 17.6 Å². The van der Waals surface area contributed by atoms with Gasteiger partial charge in [0.1, 0.15) is 5.75 Å². The van der Waals surface area contributed by atoms with E-state index < -0.39 is 19.0 Å². The van der Waals surface area contributed by atoms with E-state index >= 15 is 0 Å². The minimum atomic E-state index is -4.18. The zero-order valence-corrected chi connectivity index (χ0v) is 15.1. The van der Waals surface area contributed by atoms with Gasteiger partial charge in [-0.2, -0.15) is 8.78 Å². The Balaban J connectivity index is 1.78. The van der Waals surface area contributed by atoms with Crippen molar-refractivity contribution in [2.45, 2.75) is 24.7 Å². The van der Waals surface area contributed by atoms with Crippen molar-refractivity contribution in [1.82, 2.24) is 0 Å². The lowest BCUT2D eigenvalue weighted by molar-refractivity contribution is -0.148. The lowest BCUT2D eigenvalue weighted by Crippen LogP contribution is -2.33. The van der Waals surface area contributed by atoms with E-state index in [1.54, 1.807) is 12.1 Å². The zero-order chi connectivity index (χ0) is 20.1. The standard InChI is InChI=1S/C22H21F4NO/c23-21(24)22(25,26)14-28-18-8-3-5-15(12-18)11-17(13-27)20-10-4-7-16-6-1-2-9-19(16)20/h1-10,12,17,21H,11,13-14,27H2. The van der Waals surface area contributed by atoms with Crippen molar-refractivity contribution in [1.29, 1.82) is 0 Å². The fourth-order valence-corrected chi connectivity index (χ4v) is 3.22. The van der Waals surface area contributed by atoms with Gasteiger partial charge in [-0.1, -0.05) is 54.6 Å². The fraction of sp³-hybridized carbons (Fsp3) is 0.273. The molecule has 0 heterocycles. The quantitative estimate of drug-likeness (QED) is 0.522. The Labute approximate surface area is 160 Å². The van der Waals surface area contributed by atoms with Gasteiger partial charge in [0, 0.05) is 5.92 Å². The number of halogens is 4. The first-order valence-corrected chi connectivity index (χ1v) is 8.96. The van der Waals surface area contributed by atoms with E-state index in [1.807, 2.05) is 48.5 Å². The molecule has 0 saturated carbocycles. The average molecular weight is 391 g/mol. The number of rotatable bonds is 8. The van der Waals surface area contributed by atoms with E-state index in [1.165, 1.54) is 6.07 Å². The Kier molecular flexibility index (Phi) is 6.19. The van der Waals surface area contributed by atoms with Crippen LogP contribution in [0.1, 0.15) is 17.0 Å². The first kappa shape index (κ1) is 20.1. The molecule has 0 aliphatic rings. The predicted octanol–water partition coefficient (Wildman–Crippen LogP) is 5.40. The minimum absolute atomic E-state index is 0.0175. The summed E-state index contributed by atoms with van der Waals surface area (Å²) in [5.41, 5.74) is 7.96. The molecule has 148 valence electrons. The molecule has 6 heteroatoms. The molecule has 0 aliphatic heterocycles. The second kappa shape index (κ2) is 8.61. The molecule has 0 saturated heterocycles. The number of hydrogen-bond donors (Lipinski definition) is 1. The van der Waals surface area contributed by atoms with Gasteiger partial charge < -0.3 is 10.5 Å². The number of ether oxygens (including phenoxy) is 1. The van der Waals surface area contributed by atoms with E-state index in [-0.39, 0.29) is 11.7 Å². The van der Waals surface area contributed by atoms with E-state index in [0.717, 1.165) is 21.9 Å². The molecule has 3 aromatic rings. The number of nitrogens with two attached hydrogens (primary N) is 1. The second-order valence-electron chi connectivity index (χ2n) is 6.70. The Morgan fingerprint density at radius 2 is 1.64 bits per heavy atom. The van der Waals surface area contributed by atoms with Crippen LogP contribution in [-0.4, -0.2) is 25.5 Å². The van der Waals surface area contributed by atoms with E-state index in [0.29, 0.717) is 13.0 Å². The molecule has 3 aromatic carbocycles. The van der Waals surface area contributed by atoms with Crippen molar-refractivity contribution in [2.24, 2.45) is 5.73 Å². The molecule has 0 radical (unpaired) electrons. The van der Waals surface area contributed by atoms with Gasteiger partial charge in [-0.15, -0.1) is 0 Å². The summed E-state index contributed by atoms with van der Waals surface area (Å²) in [6.45, 7) is -0.958. The maximum Gasteiger partial charge on any atom is 0.340 e. The highest BCUT2D eigenvalue weighted by atomic mass is 19.3.